The van der Waals surface area contributed by atoms with E-state index in [1.54, 1.807) is 28.9 Å². The van der Waals surface area contributed by atoms with Crippen molar-refractivity contribution >= 4 is 17.5 Å². The Morgan fingerprint density at radius 1 is 1.11 bits per heavy atom. The summed E-state index contributed by atoms with van der Waals surface area (Å²) in [6.07, 6.45) is 3.88. The largest absolute Gasteiger partial charge is 0.333 e. The minimum absolute atomic E-state index is 0.0160. The topological polar surface area (TPSA) is 67.2 Å². The zero-order valence-corrected chi connectivity index (χ0v) is 15.9. The van der Waals surface area contributed by atoms with Crippen molar-refractivity contribution in [2.75, 3.05) is 11.9 Å². The normalized spacial score (nSPS) is 15.8. The summed E-state index contributed by atoms with van der Waals surface area (Å²) in [5.41, 5.74) is 4.81. The van der Waals surface area contributed by atoms with E-state index in [0.717, 1.165) is 11.1 Å². The minimum atomic E-state index is -0.133. The Balaban J connectivity index is 1.61. The number of carbonyl (C=O) groups is 2. The van der Waals surface area contributed by atoms with Crippen molar-refractivity contribution in [3.63, 3.8) is 0 Å². The van der Waals surface area contributed by atoms with E-state index in [2.05, 4.69) is 22.5 Å². The highest BCUT2D eigenvalue weighted by molar-refractivity contribution is 5.95. The van der Waals surface area contributed by atoms with E-state index >= 15 is 0 Å². The van der Waals surface area contributed by atoms with Crippen LogP contribution in [-0.4, -0.2) is 33.0 Å². The molecule has 2 amide bonds. The number of anilines is 1. The van der Waals surface area contributed by atoms with E-state index in [-0.39, 0.29) is 17.7 Å². The number of aryl methyl sites for hydroxylation is 1. The van der Waals surface area contributed by atoms with Gasteiger partial charge in [0.05, 0.1) is 6.20 Å². The predicted octanol–water partition coefficient (Wildman–Crippen LogP) is 3.17. The Labute approximate surface area is 163 Å². The van der Waals surface area contributed by atoms with Gasteiger partial charge in [-0.25, -0.2) is 0 Å². The zero-order chi connectivity index (χ0) is 19.7. The average molecular weight is 374 g/mol. The van der Waals surface area contributed by atoms with Gasteiger partial charge in [0, 0.05) is 50.4 Å². The fourth-order valence-corrected chi connectivity index (χ4v) is 3.75. The van der Waals surface area contributed by atoms with Crippen molar-refractivity contribution in [2.24, 2.45) is 7.05 Å². The summed E-state index contributed by atoms with van der Waals surface area (Å²) < 4.78 is 1.79. The molecule has 142 valence electrons. The monoisotopic (exact) mass is 374 g/mol. The molecule has 0 saturated carbocycles. The van der Waals surface area contributed by atoms with Crippen LogP contribution in [0.1, 0.15) is 39.9 Å². The summed E-state index contributed by atoms with van der Waals surface area (Å²) in [6.45, 7) is 2.65. The van der Waals surface area contributed by atoms with E-state index in [9.17, 15) is 9.59 Å². The van der Waals surface area contributed by atoms with Gasteiger partial charge >= 0.3 is 0 Å². The number of benzene rings is 2. The summed E-state index contributed by atoms with van der Waals surface area (Å²) in [4.78, 5) is 26.2. The van der Waals surface area contributed by atoms with Crippen molar-refractivity contribution in [2.45, 2.75) is 19.4 Å². The average Bonchev–Trinajstić information content (AvgIpc) is 3.13. The first-order valence-corrected chi connectivity index (χ1v) is 9.24. The first-order chi connectivity index (χ1) is 13.5. The molecule has 1 aromatic heterocycles. The number of nitrogens with zero attached hydrogens (tertiary/aromatic N) is 3. The van der Waals surface area contributed by atoms with Gasteiger partial charge in [0.2, 0.25) is 5.91 Å². The number of nitrogens with one attached hydrogen (secondary N) is 1. The van der Waals surface area contributed by atoms with Gasteiger partial charge in [0.1, 0.15) is 0 Å². The van der Waals surface area contributed by atoms with E-state index in [1.807, 2.05) is 36.5 Å². The van der Waals surface area contributed by atoms with Crippen LogP contribution in [-0.2, 0) is 18.4 Å². The highest BCUT2D eigenvalue weighted by Crippen LogP contribution is 2.34. The second-order valence-electron chi connectivity index (χ2n) is 7.14. The Morgan fingerprint density at radius 2 is 1.86 bits per heavy atom. The van der Waals surface area contributed by atoms with Crippen molar-refractivity contribution in [1.29, 1.82) is 0 Å². The molecule has 1 N–H and O–H groups in total. The molecule has 1 unspecified atom stereocenters. The highest BCUT2D eigenvalue weighted by Gasteiger charge is 2.30. The van der Waals surface area contributed by atoms with Gasteiger partial charge < -0.3 is 10.2 Å². The number of fused-ring (bicyclic) bond motifs is 1. The van der Waals surface area contributed by atoms with Crippen LogP contribution >= 0.6 is 0 Å². The lowest BCUT2D eigenvalue weighted by atomic mass is 9.86. The number of hydrogen-bond donors (Lipinski definition) is 1. The molecule has 0 spiro atoms. The minimum Gasteiger partial charge on any atom is -0.333 e. The standard InChI is InChI=1S/C22H22N4O2/c1-15(27)24-19-9-7-16(8-10-19)22(28)26-13-17-5-3-4-6-20(17)21(14-26)18-11-23-25(2)12-18/h3-12,21H,13-14H2,1-2H3,(H,24,27). The van der Waals surface area contributed by atoms with Crippen molar-refractivity contribution in [1.82, 2.24) is 14.7 Å². The molecule has 0 aliphatic carbocycles. The fraction of sp³-hybridized carbons (Fsp3) is 0.227. The lowest BCUT2D eigenvalue weighted by molar-refractivity contribution is -0.114. The summed E-state index contributed by atoms with van der Waals surface area (Å²) in [5.74, 6) is -0.0509. The third kappa shape index (κ3) is 3.53. The molecular weight excluding hydrogens is 352 g/mol. The van der Waals surface area contributed by atoms with Gasteiger partial charge in [-0.3, -0.25) is 14.3 Å². The van der Waals surface area contributed by atoms with E-state index < -0.39 is 0 Å². The molecule has 0 bridgehead atoms. The molecule has 0 saturated heterocycles. The third-order valence-corrected chi connectivity index (χ3v) is 5.06. The van der Waals surface area contributed by atoms with Crippen LogP contribution in [0.4, 0.5) is 5.69 Å². The summed E-state index contributed by atoms with van der Waals surface area (Å²) in [6, 6.07) is 15.3. The molecule has 1 atom stereocenters. The van der Waals surface area contributed by atoms with E-state index in [0.29, 0.717) is 24.3 Å². The van der Waals surface area contributed by atoms with E-state index in [1.165, 1.54) is 12.5 Å². The highest BCUT2D eigenvalue weighted by atomic mass is 16.2. The summed E-state index contributed by atoms with van der Waals surface area (Å²) in [5, 5.41) is 7.03. The summed E-state index contributed by atoms with van der Waals surface area (Å²) in [7, 11) is 1.90. The molecular formula is C22H22N4O2. The van der Waals surface area contributed by atoms with Crippen LogP contribution in [0.5, 0.6) is 0 Å². The van der Waals surface area contributed by atoms with Crippen LogP contribution in [0.25, 0.3) is 0 Å². The van der Waals surface area contributed by atoms with Crippen LogP contribution in [0, 0.1) is 0 Å². The molecule has 3 aromatic rings. The number of rotatable bonds is 3. The summed E-state index contributed by atoms with van der Waals surface area (Å²) >= 11 is 0. The molecule has 4 rings (SSSR count). The Kier molecular flexibility index (Phi) is 4.69. The number of amides is 2. The zero-order valence-electron chi connectivity index (χ0n) is 15.9. The van der Waals surface area contributed by atoms with Gasteiger partial charge in [-0.05, 0) is 41.0 Å². The number of aromatic nitrogens is 2. The third-order valence-electron chi connectivity index (χ3n) is 5.06. The van der Waals surface area contributed by atoms with Gasteiger partial charge in [0.25, 0.3) is 5.91 Å². The maximum Gasteiger partial charge on any atom is 0.254 e. The quantitative estimate of drug-likeness (QED) is 0.766. The lowest BCUT2D eigenvalue weighted by Gasteiger charge is -2.34. The van der Waals surface area contributed by atoms with Gasteiger partial charge in [-0.15, -0.1) is 0 Å². The lowest BCUT2D eigenvalue weighted by Crippen LogP contribution is -2.38. The first kappa shape index (κ1) is 18.0. The van der Waals surface area contributed by atoms with Crippen molar-refractivity contribution < 1.29 is 9.59 Å². The predicted molar refractivity (Wildman–Crippen MR) is 107 cm³/mol. The molecule has 0 fully saturated rings. The van der Waals surface area contributed by atoms with Crippen LogP contribution in [0.2, 0.25) is 0 Å². The van der Waals surface area contributed by atoms with E-state index in [4.69, 9.17) is 0 Å². The molecule has 1 aliphatic rings. The van der Waals surface area contributed by atoms with Crippen LogP contribution in [0.15, 0.2) is 60.9 Å². The molecule has 2 heterocycles. The SMILES string of the molecule is CC(=O)Nc1ccc(C(=O)N2Cc3ccccc3C(c3cnn(C)c3)C2)cc1. The Morgan fingerprint density at radius 3 is 2.54 bits per heavy atom. The van der Waals surface area contributed by atoms with Gasteiger partial charge in [-0.1, -0.05) is 24.3 Å². The molecule has 6 nitrogen and oxygen atoms in total. The smallest absolute Gasteiger partial charge is 0.254 e. The van der Waals surface area contributed by atoms with Crippen molar-refractivity contribution in [3.05, 3.63) is 83.2 Å². The Bertz CT molecular complexity index is 1020. The second kappa shape index (κ2) is 7.31. The Hall–Kier alpha value is -3.41. The van der Waals surface area contributed by atoms with Crippen molar-refractivity contribution in [3.8, 4) is 0 Å². The first-order valence-electron chi connectivity index (χ1n) is 9.24. The van der Waals surface area contributed by atoms with Gasteiger partial charge in [-0.2, -0.15) is 5.10 Å². The molecule has 2 aromatic carbocycles. The molecule has 1 aliphatic heterocycles. The fourth-order valence-electron chi connectivity index (χ4n) is 3.75. The molecule has 6 heteroatoms. The maximum atomic E-state index is 13.1. The van der Waals surface area contributed by atoms with Crippen LogP contribution in [0.3, 0.4) is 0 Å². The number of carbonyl (C=O) groups excluding carboxylic acids is 2. The maximum absolute atomic E-state index is 13.1. The molecule has 28 heavy (non-hydrogen) atoms. The van der Waals surface area contributed by atoms with Gasteiger partial charge in [0.15, 0.2) is 0 Å². The number of hydrogen-bond acceptors (Lipinski definition) is 3. The second-order valence-corrected chi connectivity index (χ2v) is 7.14. The van der Waals surface area contributed by atoms with Crippen LogP contribution < -0.4 is 5.32 Å². The molecule has 0 radical (unpaired) electrons.